The Morgan fingerprint density at radius 3 is 2.78 bits per heavy atom. The van der Waals surface area contributed by atoms with Crippen molar-refractivity contribution in [1.82, 2.24) is 4.72 Å². The van der Waals surface area contributed by atoms with E-state index in [1.807, 2.05) is 0 Å². The summed E-state index contributed by atoms with van der Waals surface area (Å²) in [4.78, 5) is -0.0480. The van der Waals surface area contributed by atoms with Gasteiger partial charge in [-0.25, -0.2) is 13.1 Å². The van der Waals surface area contributed by atoms with Gasteiger partial charge < -0.3 is 10.5 Å². The van der Waals surface area contributed by atoms with Gasteiger partial charge in [0.1, 0.15) is 11.0 Å². The second kappa shape index (κ2) is 6.12. The maximum Gasteiger partial charge on any atom is 0.221 e. The predicted molar refractivity (Wildman–Crippen MR) is 75.0 cm³/mol. The van der Waals surface area contributed by atoms with Crippen LogP contribution in [0.4, 0.5) is 0 Å². The van der Waals surface area contributed by atoms with Gasteiger partial charge >= 0.3 is 0 Å². The third-order valence-electron chi connectivity index (χ3n) is 2.48. The van der Waals surface area contributed by atoms with Gasteiger partial charge in [-0.05, 0) is 24.6 Å². The lowest BCUT2D eigenvalue weighted by Crippen LogP contribution is -2.39. The van der Waals surface area contributed by atoms with E-state index in [0.717, 1.165) is 5.56 Å². The Balaban J connectivity index is 2.73. The molecule has 0 spiro atoms. The molecular formula is C11H16N2O3S2. The van der Waals surface area contributed by atoms with Crippen LogP contribution >= 0.6 is 12.2 Å². The molecule has 18 heavy (non-hydrogen) atoms. The van der Waals surface area contributed by atoms with Gasteiger partial charge in [-0.1, -0.05) is 24.4 Å². The Labute approximate surface area is 112 Å². The van der Waals surface area contributed by atoms with Gasteiger partial charge in [0.2, 0.25) is 10.0 Å². The molecule has 1 unspecified atom stereocenters. The van der Waals surface area contributed by atoms with Crippen LogP contribution in [0, 0.1) is 0 Å². The van der Waals surface area contributed by atoms with E-state index in [0.29, 0.717) is 5.75 Å². The molecule has 0 heterocycles. The van der Waals surface area contributed by atoms with Crippen molar-refractivity contribution in [2.24, 2.45) is 5.73 Å². The minimum Gasteiger partial charge on any atom is -0.497 e. The van der Waals surface area contributed by atoms with E-state index in [4.69, 9.17) is 10.5 Å². The molecule has 3 N–H and O–H groups in total. The highest BCUT2D eigenvalue weighted by molar-refractivity contribution is 7.93. The molecule has 0 fully saturated rings. The summed E-state index contributed by atoms with van der Waals surface area (Å²) in [7, 11) is -1.98. The van der Waals surface area contributed by atoms with Crippen LogP contribution in [0.2, 0.25) is 0 Å². The largest absolute Gasteiger partial charge is 0.497 e. The molecule has 5 nitrogen and oxygen atoms in total. The average molecular weight is 288 g/mol. The zero-order valence-corrected chi connectivity index (χ0v) is 11.8. The molecular weight excluding hydrogens is 272 g/mol. The first-order chi connectivity index (χ1) is 8.36. The monoisotopic (exact) mass is 288 g/mol. The zero-order valence-electron chi connectivity index (χ0n) is 10.2. The van der Waals surface area contributed by atoms with Crippen LogP contribution < -0.4 is 15.2 Å². The molecule has 7 heteroatoms. The first kappa shape index (κ1) is 14.9. The van der Waals surface area contributed by atoms with Crippen molar-refractivity contribution in [3.05, 3.63) is 29.8 Å². The normalized spacial score (nSPS) is 13.0. The van der Waals surface area contributed by atoms with E-state index in [-0.39, 0.29) is 11.5 Å². The van der Waals surface area contributed by atoms with Crippen LogP contribution in [0.1, 0.15) is 12.5 Å². The molecule has 100 valence electrons. The van der Waals surface area contributed by atoms with Gasteiger partial charge in [0.05, 0.1) is 12.1 Å². The smallest absolute Gasteiger partial charge is 0.221 e. The lowest BCUT2D eigenvalue weighted by Gasteiger charge is -2.12. The van der Waals surface area contributed by atoms with Crippen LogP contribution in [-0.4, -0.2) is 25.8 Å². The molecule has 0 aliphatic heterocycles. The van der Waals surface area contributed by atoms with Crippen molar-refractivity contribution in [3.63, 3.8) is 0 Å². The predicted octanol–water partition coefficient (Wildman–Crippen LogP) is 0.789. The number of nitrogens with one attached hydrogen (secondary N) is 1. The molecule has 0 saturated carbocycles. The molecule has 0 amide bonds. The van der Waals surface area contributed by atoms with Crippen molar-refractivity contribution in [1.29, 1.82) is 0 Å². The molecule has 0 aliphatic rings. The van der Waals surface area contributed by atoms with Crippen LogP contribution in [0.15, 0.2) is 24.3 Å². The Hall–Kier alpha value is -1.18. The Morgan fingerprint density at radius 1 is 1.56 bits per heavy atom. The summed E-state index contributed by atoms with van der Waals surface area (Å²) in [6.07, 6.45) is 0. The van der Waals surface area contributed by atoms with E-state index >= 15 is 0 Å². The minimum atomic E-state index is -3.53. The summed E-state index contributed by atoms with van der Waals surface area (Å²) < 4.78 is 31.1. The molecule has 1 aromatic rings. The number of hydrogen-bond acceptors (Lipinski definition) is 4. The number of methoxy groups -OCH3 is 1. The van der Waals surface area contributed by atoms with Crippen molar-refractivity contribution in [3.8, 4) is 5.75 Å². The van der Waals surface area contributed by atoms with Crippen molar-refractivity contribution < 1.29 is 13.2 Å². The van der Waals surface area contributed by atoms with E-state index in [2.05, 4.69) is 16.9 Å². The fourth-order valence-corrected chi connectivity index (χ4v) is 2.55. The first-order valence-corrected chi connectivity index (χ1v) is 7.23. The first-order valence-electron chi connectivity index (χ1n) is 5.27. The molecule has 0 aliphatic carbocycles. The third kappa shape index (κ3) is 3.94. The second-order valence-corrected chi connectivity index (χ2v) is 6.32. The number of benzene rings is 1. The standard InChI is InChI=1S/C11H16N2O3S2/c1-8(11(12)17)18(14,15)13-7-9-4-3-5-10(6-9)16-2/h3-6,8,13H,7H2,1-2H3,(H2,12,17). The van der Waals surface area contributed by atoms with E-state index in [1.165, 1.54) is 6.92 Å². The molecule has 0 radical (unpaired) electrons. The highest BCUT2D eigenvalue weighted by atomic mass is 32.2. The summed E-state index contributed by atoms with van der Waals surface area (Å²) in [5.41, 5.74) is 6.13. The Bertz CT molecular complexity index is 529. The highest BCUT2D eigenvalue weighted by Crippen LogP contribution is 2.12. The number of hydrogen-bond donors (Lipinski definition) is 2. The van der Waals surface area contributed by atoms with Crippen LogP contribution in [-0.2, 0) is 16.6 Å². The number of ether oxygens (including phenoxy) is 1. The van der Waals surface area contributed by atoms with Gasteiger partial charge in [0.25, 0.3) is 0 Å². The third-order valence-corrected chi connectivity index (χ3v) is 4.71. The van der Waals surface area contributed by atoms with Crippen LogP contribution in [0.5, 0.6) is 5.75 Å². The van der Waals surface area contributed by atoms with Crippen molar-refractivity contribution >= 4 is 27.2 Å². The van der Waals surface area contributed by atoms with Gasteiger partial charge in [0.15, 0.2) is 0 Å². The molecule has 1 aromatic carbocycles. The quantitative estimate of drug-likeness (QED) is 0.756. The SMILES string of the molecule is COc1cccc(CNS(=O)(=O)C(C)C(N)=S)c1. The highest BCUT2D eigenvalue weighted by Gasteiger charge is 2.22. The Kier molecular flexibility index (Phi) is 5.06. The van der Waals surface area contributed by atoms with Gasteiger partial charge in [-0.15, -0.1) is 0 Å². The maximum absolute atomic E-state index is 11.8. The van der Waals surface area contributed by atoms with Gasteiger partial charge in [-0.3, -0.25) is 0 Å². The lowest BCUT2D eigenvalue weighted by atomic mass is 10.2. The fourth-order valence-electron chi connectivity index (χ4n) is 1.24. The van der Waals surface area contributed by atoms with Crippen molar-refractivity contribution in [2.75, 3.05) is 7.11 Å². The van der Waals surface area contributed by atoms with Crippen LogP contribution in [0.25, 0.3) is 0 Å². The summed E-state index contributed by atoms with van der Waals surface area (Å²) in [5, 5.41) is -0.891. The maximum atomic E-state index is 11.8. The van der Waals surface area contributed by atoms with Gasteiger partial charge in [0, 0.05) is 6.54 Å². The summed E-state index contributed by atoms with van der Waals surface area (Å²) in [6.45, 7) is 1.63. The van der Waals surface area contributed by atoms with Crippen LogP contribution in [0.3, 0.4) is 0 Å². The summed E-state index contributed by atoms with van der Waals surface area (Å²) in [5.74, 6) is 0.675. The van der Waals surface area contributed by atoms with E-state index in [1.54, 1.807) is 31.4 Å². The van der Waals surface area contributed by atoms with E-state index in [9.17, 15) is 8.42 Å². The number of rotatable bonds is 6. The zero-order chi connectivity index (χ0) is 13.8. The second-order valence-electron chi connectivity index (χ2n) is 3.76. The summed E-state index contributed by atoms with van der Waals surface area (Å²) >= 11 is 4.68. The number of thiocarbonyl (C=S) groups is 1. The minimum absolute atomic E-state index is 0.0480. The molecule has 0 bridgehead atoms. The fraction of sp³-hybridized carbons (Fsp3) is 0.364. The topological polar surface area (TPSA) is 81.4 Å². The molecule has 1 rings (SSSR count). The molecule has 1 atom stereocenters. The Morgan fingerprint density at radius 2 is 2.22 bits per heavy atom. The number of sulfonamides is 1. The molecule has 0 aromatic heterocycles. The lowest BCUT2D eigenvalue weighted by molar-refractivity contribution is 0.414. The van der Waals surface area contributed by atoms with Crippen molar-refractivity contribution in [2.45, 2.75) is 18.7 Å². The average Bonchev–Trinajstić information content (AvgIpc) is 2.35. The van der Waals surface area contributed by atoms with E-state index < -0.39 is 15.3 Å². The van der Waals surface area contributed by atoms with Gasteiger partial charge in [-0.2, -0.15) is 0 Å². The summed E-state index contributed by atoms with van der Waals surface area (Å²) in [6, 6.07) is 7.14. The molecule has 0 saturated heterocycles. The number of nitrogens with two attached hydrogens (primary N) is 1.